The monoisotopic (exact) mass is 268 g/mol. The summed E-state index contributed by atoms with van der Waals surface area (Å²) in [6.07, 6.45) is 4.65. The summed E-state index contributed by atoms with van der Waals surface area (Å²) in [6, 6.07) is 1.98. The first-order valence-electron chi connectivity index (χ1n) is 6.71. The highest BCUT2D eigenvalue weighted by Crippen LogP contribution is 2.15. The Labute approximate surface area is 115 Å². The topological polar surface area (TPSA) is 52.6 Å². The fourth-order valence-electron chi connectivity index (χ4n) is 1.54. The number of hydrogen-bond acceptors (Lipinski definition) is 5. The first-order chi connectivity index (χ1) is 9.38. The molecule has 0 saturated heterocycles. The molecule has 19 heavy (non-hydrogen) atoms. The minimum atomic E-state index is 0.524. The molecule has 1 rings (SSSR count). The highest BCUT2D eigenvalue weighted by molar-refractivity contribution is 5.29. The number of ether oxygens (including phenoxy) is 3. The lowest BCUT2D eigenvalue weighted by Gasteiger charge is -2.11. The third-order valence-corrected chi connectivity index (χ3v) is 2.53. The summed E-state index contributed by atoms with van der Waals surface area (Å²) in [5.41, 5.74) is 1.13. The molecule has 0 aromatic carbocycles. The number of nitrogens with zero attached hydrogens (tertiary/aromatic N) is 1. The fourth-order valence-corrected chi connectivity index (χ4v) is 1.54. The number of aromatic nitrogens is 1. The number of methoxy groups -OCH3 is 1. The van der Waals surface area contributed by atoms with Gasteiger partial charge in [-0.25, -0.2) is 0 Å². The Morgan fingerprint density at radius 3 is 2.84 bits per heavy atom. The zero-order valence-corrected chi connectivity index (χ0v) is 11.9. The smallest absolute Gasteiger partial charge is 0.142 e. The standard InChI is InChI=1S/C14H24N2O3/c1-3-5-15-11-13-4-6-16-12-14(13)19-10-9-18-8-7-17-2/h4,6,12,15H,3,5,7-11H2,1-2H3. The molecule has 1 aromatic rings. The molecule has 0 aliphatic heterocycles. The van der Waals surface area contributed by atoms with Crippen LogP contribution in [0, 0.1) is 0 Å². The van der Waals surface area contributed by atoms with Gasteiger partial charge in [-0.2, -0.15) is 0 Å². The number of pyridine rings is 1. The van der Waals surface area contributed by atoms with Crippen molar-refractivity contribution in [2.24, 2.45) is 0 Å². The maximum atomic E-state index is 5.68. The van der Waals surface area contributed by atoms with Gasteiger partial charge in [-0.1, -0.05) is 6.92 Å². The molecular formula is C14H24N2O3. The molecule has 0 amide bonds. The maximum Gasteiger partial charge on any atom is 0.142 e. The summed E-state index contributed by atoms with van der Waals surface area (Å²) in [4.78, 5) is 4.09. The lowest BCUT2D eigenvalue weighted by atomic mass is 10.2. The highest BCUT2D eigenvalue weighted by atomic mass is 16.5. The van der Waals surface area contributed by atoms with Crippen LogP contribution in [0.4, 0.5) is 0 Å². The molecule has 1 heterocycles. The number of hydrogen-bond donors (Lipinski definition) is 1. The third-order valence-electron chi connectivity index (χ3n) is 2.53. The summed E-state index contributed by atoms with van der Waals surface area (Å²) in [5, 5.41) is 3.35. The average molecular weight is 268 g/mol. The summed E-state index contributed by atoms with van der Waals surface area (Å²) in [6.45, 7) is 6.24. The third kappa shape index (κ3) is 7.10. The lowest BCUT2D eigenvalue weighted by molar-refractivity contribution is 0.0542. The van der Waals surface area contributed by atoms with E-state index in [2.05, 4.69) is 17.2 Å². The molecule has 5 nitrogen and oxygen atoms in total. The first-order valence-corrected chi connectivity index (χ1v) is 6.71. The Bertz CT molecular complexity index is 334. The van der Waals surface area contributed by atoms with Crippen molar-refractivity contribution in [3.8, 4) is 5.75 Å². The zero-order valence-electron chi connectivity index (χ0n) is 11.9. The van der Waals surface area contributed by atoms with Gasteiger partial charge in [-0.15, -0.1) is 0 Å². The highest BCUT2D eigenvalue weighted by Gasteiger charge is 2.02. The molecule has 0 spiro atoms. The molecule has 1 aromatic heterocycles. The van der Waals surface area contributed by atoms with E-state index in [0.29, 0.717) is 26.4 Å². The Morgan fingerprint density at radius 2 is 2.05 bits per heavy atom. The molecule has 0 saturated carbocycles. The average Bonchev–Trinajstić information content (AvgIpc) is 2.44. The van der Waals surface area contributed by atoms with E-state index in [4.69, 9.17) is 14.2 Å². The van der Waals surface area contributed by atoms with Gasteiger partial charge in [-0.3, -0.25) is 4.98 Å². The van der Waals surface area contributed by atoms with Gasteiger partial charge in [0.05, 0.1) is 26.0 Å². The summed E-state index contributed by atoms with van der Waals surface area (Å²) < 4.78 is 15.9. The number of rotatable bonds is 11. The normalized spacial score (nSPS) is 10.6. The van der Waals surface area contributed by atoms with Crippen molar-refractivity contribution in [1.29, 1.82) is 0 Å². The van der Waals surface area contributed by atoms with Crippen molar-refractivity contribution >= 4 is 0 Å². The Hall–Kier alpha value is -1.17. The second-order valence-electron chi connectivity index (χ2n) is 4.11. The molecular weight excluding hydrogens is 244 g/mol. The molecule has 0 atom stereocenters. The van der Waals surface area contributed by atoms with E-state index in [0.717, 1.165) is 30.8 Å². The second-order valence-corrected chi connectivity index (χ2v) is 4.11. The van der Waals surface area contributed by atoms with Crippen LogP contribution in [0.15, 0.2) is 18.5 Å². The number of nitrogens with one attached hydrogen (secondary N) is 1. The summed E-state index contributed by atoms with van der Waals surface area (Å²) >= 11 is 0. The largest absolute Gasteiger partial charge is 0.489 e. The molecule has 0 bridgehead atoms. The van der Waals surface area contributed by atoms with Crippen molar-refractivity contribution in [2.75, 3.05) is 40.1 Å². The Kier molecular flexibility index (Phi) is 8.97. The van der Waals surface area contributed by atoms with E-state index < -0.39 is 0 Å². The predicted molar refractivity (Wildman–Crippen MR) is 74.4 cm³/mol. The van der Waals surface area contributed by atoms with Gasteiger partial charge in [0.1, 0.15) is 12.4 Å². The van der Waals surface area contributed by atoms with E-state index in [1.165, 1.54) is 0 Å². The quantitative estimate of drug-likeness (QED) is 0.618. The molecule has 0 aliphatic carbocycles. The van der Waals surface area contributed by atoms with E-state index in [1.54, 1.807) is 19.5 Å². The van der Waals surface area contributed by atoms with E-state index in [1.807, 2.05) is 6.07 Å². The summed E-state index contributed by atoms with van der Waals surface area (Å²) in [7, 11) is 1.66. The van der Waals surface area contributed by atoms with Crippen LogP contribution in [-0.4, -0.2) is 45.1 Å². The van der Waals surface area contributed by atoms with E-state index >= 15 is 0 Å². The van der Waals surface area contributed by atoms with Gasteiger partial charge in [0.2, 0.25) is 0 Å². The van der Waals surface area contributed by atoms with Crippen molar-refractivity contribution < 1.29 is 14.2 Å². The fraction of sp³-hybridized carbons (Fsp3) is 0.643. The first kappa shape index (κ1) is 15.9. The molecule has 5 heteroatoms. The maximum absolute atomic E-state index is 5.68. The molecule has 1 N–H and O–H groups in total. The van der Waals surface area contributed by atoms with Crippen LogP contribution < -0.4 is 10.1 Å². The van der Waals surface area contributed by atoms with Gasteiger partial charge in [0.25, 0.3) is 0 Å². The molecule has 0 unspecified atom stereocenters. The van der Waals surface area contributed by atoms with Crippen molar-refractivity contribution in [3.05, 3.63) is 24.0 Å². The van der Waals surface area contributed by atoms with Crippen LogP contribution in [0.1, 0.15) is 18.9 Å². The Balaban J connectivity index is 2.27. The van der Waals surface area contributed by atoms with Gasteiger partial charge < -0.3 is 19.5 Å². The molecule has 0 radical (unpaired) electrons. The summed E-state index contributed by atoms with van der Waals surface area (Å²) in [5.74, 6) is 0.821. The molecule has 0 aliphatic rings. The van der Waals surface area contributed by atoms with Crippen molar-refractivity contribution in [2.45, 2.75) is 19.9 Å². The molecule has 0 fully saturated rings. The lowest BCUT2D eigenvalue weighted by Crippen LogP contribution is -2.16. The van der Waals surface area contributed by atoms with Crippen LogP contribution >= 0.6 is 0 Å². The van der Waals surface area contributed by atoms with E-state index in [-0.39, 0.29) is 0 Å². The molecule has 108 valence electrons. The minimum absolute atomic E-state index is 0.524. The van der Waals surface area contributed by atoms with Crippen LogP contribution in [0.25, 0.3) is 0 Å². The van der Waals surface area contributed by atoms with Crippen LogP contribution in [0.3, 0.4) is 0 Å². The van der Waals surface area contributed by atoms with Crippen LogP contribution in [-0.2, 0) is 16.0 Å². The van der Waals surface area contributed by atoms with Crippen LogP contribution in [0.5, 0.6) is 5.75 Å². The van der Waals surface area contributed by atoms with Gasteiger partial charge in [0.15, 0.2) is 0 Å². The van der Waals surface area contributed by atoms with Crippen molar-refractivity contribution in [3.63, 3.8) is 0 Å². The predicted octanol–water partition coefficient (Wildman–Crippen LogP) is 1.62. The second kappa shape index (κ2) is 10.7. The van der Waals surface area contributed by atoms with Crippen molar-refractivity contribution in [1.82, 2.24) is 10.3 Å². The SMILES string of the molecule is CCCNCc1ccncc1OCCOCCOC. The van der Waals surface area contributed by atoms with E-state index in [9.17, 15) is 0 Å². The minimum Gasteiger partial charge on any atom is -0.489 e. The van der Waals surface area contributed by atoms with Gasteiger partial charge >= 0.3 is 0 Å². The van der Waals surface area contributed by atoms with Gasteiger partial charge in [0, 0.05) is 25.4 Å². The van der Waals surface area contributed by atoms with Gasteiger partial charge in [-0.05, 0) is 19.0 Å². The Morgan fingerprint density at radius 1 is 1.21 bits per heavy atom. The zero-order chi connectivity index (χ0) is 13.8. The van der Waals surface area contributed by atoms with Crippen LogP contribution in [0.2, 0.25) is 0 Å².